The van der Waals surface area contributed by atoms with Crippen molar-refractivity contribution in [1.82, 2.24) is 14.9 Å². The van der Waals surface area contributed by atoms with Crippen LogP contribution in [0.2, 0.25) is 0 Å². The average Bonchev–Trinajstić information content (AvgIpc) is 2.93. The Morgan fingerprint density at radius 1 is 1.36 bits per heavy atom. The minimum atomic E-state index is -0.308. The zero-order valence-corrected chi connectivity index (χ0v) is 14.3. The molecule has 0 bridgehead atoms. The van der Waals surface area contributed by atoms with Crippen LogP contribution in [0.5, 0.6) is 0 Å². The van der Waals surface area contributed by atoms with Gasteiger partial charge in [-0.05, 0) is 32.4 Å². The monoisotopic (exact) mass is 351 g/mol. The van der Waals surface area contributed by atoms with E-state index in [2.05, 4.69) is 14.9 Å². The summed E-state index contributed by atoms with van der Waals surface area (Å²) in [5.41, 5.74) is 0. The lowest BCUT2D eigenvalue weighted by atomic mass is 10.2. The second-order valence-electron chi connectivity index (χ2n) is 4.66. The third-order valence-electron chi connectivity index (χ3n) is 3.30. The SMILES string of the molecule is CCOC(=O)COCCN1CCCC1c1ncccn1.Cl.Cl. The number of rotatable bonds is 7. The van der Waals surface area contributed by atoms with Crippen molar-refractivity contribution < 1.29 is 14.3 Å². The number of carbonyl (C=O) groups excluding carboxylic acids is 1. The standard InChI is InChI=1S/C14H21N3O3.2ClH/c1-2-20-13(18)11-19-10-9-17-8-3-5-12(17)14-15-6-4-7-16-14;;/h4,6-7,12H,2-3,5,8-11H2,1H3;2*1H. The molecule has 0 saturated carbocycles. The molecule has 0 spiro atoms. The number of hydrogen-bond acceptors (Lipinski definition) is 6. The van der Waals surface area contributed by atoms with Crippen LogP contribution in [0.15, 0.2) is 18.5 Å². The molecule has 0 N–H and O–H groups in total. The second-order valence-corrected chi connectivity index (χ2v) is 4.66. The summed E-state index contributed by atoms with van der Waals surface area (Å²) in [7, 11) is 0. The van der Waals surface area contributed by atoms with Crippen LogP contribution in [-0.2, 0) is 14.3 Å². The molecule has 126 valence electrons. The lowest BCUT2D eigenvalue weighted by Gasteiger charge is -2.22. The van der Waals surface area contributed by atoms with Crippen molar-refractivity contribution in [3.05, 3.63) is 24.3 Å². The Morgan fingerprint density at radius 2 is 2.09 bits per heavy atom. The van der Waals surface area contributed by atoms with Crippen molar-refractivity contribution in [2.24, 2.45) is 0 Å². The van der Waals surface area contributed by atoms with Gasteiger partial charge in [0, 0.05) is 18.9 Å². The van der Waals surface area contributed by atoms with E-state index in [1.165, 1.54) is 0 Å². The van der Waals surface area contributed by atoms with Gasteiger partial charge in [0.1, 0.15) is 12.4 Å². The Balaban J connectivity index is 0.00000220. The van der Waals surface area contributed by atoms with Crippen molar-refractivity contribution in [1.29, 1.82) is 0 Å². The van der Waals surface area contributed by atoms with Gasteiger partial charge in [0.25, 0.3) is 0 Å². The molecule has 1 unspecified atom stereocenters. The topological polar surface area (TPSA) is 64.6 Å². The van der Waals surface area contributed by atoms with Gasteiger partial charge >= 0.3 is 5.97 Å². The molecule has 2 heterocycles. The highest BCUT2D eigenvalue weighted by Gasteiger charge is 2.27. The van der Waals surface area contributed by atoms with Gasteiger partial charge in [0.05, 0.1) is 19.3 Å². The molecule has 22 heavy (non-hydrogen) atoms. The Kier molecular flexibility index (Phi) is 11.1. The first kappa shape index (κ1) is 21.0. The lowest BCUT2D eigenvalue weighted by molar-refractivity contribution is -0.148. The molecular weight excluding hydrogens is 329 g/mol. The number of likely N-dealkylation sites (tertiary alicyclic amines) is 1. The van der Waals surface area contributed by atoms with Gasteiger partial charge in [-0.15, -0.1) is 24.8 Å². The summed E-state index contributed by atoms with van der Waals surface area (Å²) in [6.45, 7) is 4.51. The van der Waals surface area contributed by atoms with Gasteiger partial charge < -0.3 is 9.47 Å². The fraction of sp³-hybridized carbons (Fsp3) is 0.643. The molecule has 6 nitrogen and oxygen atoms in total. The molecule has 0 aromatic carbocycles. The van der Waals surface area contributed by atoms with Gasteiger partial charge in [0.2, 0.25) is 0 Å². The molecule has 0 radical (unpaired) electrons. The summed E-state index contributed by atoms with van der Waals surface area (Å²) >= 11 is 0. The molecular formula is C14H23Cl2N3O3. The van der Waals surface area contributed by atoms with E-state index in [1.54, 1.807) is 19.3 Å². The normalized spacial score (nSPS) is 17.4. The average molecular weight is 352 g/mol. The van der Waals surface area contributed by atoms with Crippen LogP contribution in [0.3, 0.4) is 0 Å². The van der Waals surface area contributed by atoms with Crippen molar-refractivity contribution in [3.63, 3.8) is 0 Å². The van der Waals surface area contributed by atoms with Crippen molar-refractivity contribution >= 4 is 30.8 Å². The van der Waals surface area contributed by atoms with Crippen molar-refractivity contribution in [3.8, 4) is 0 Å². The summed E-state index contributed by atoms with van der Waals surface area (Å²) in [6.07, 6.45) is 5.76. The summed E-state index contributed by atoms with van der Waals surface area (Å²) in [5.74, 6) is 0.562. The van der Waals surface area contributed by atoms with Crippen LogP contribution in [0, 0.1) is 0 Å². The van der Waals surface area contributed by atoms with E-state index in [0.717, 1.165) is 31.8 Å². The predicted molar refractivity (Wildman–Crippen MR) is 87.5 cm³/mol. The van der Waals surface area contributed by atoms with E-state index in [1.807, 2.05) is 6.07 Å². The number of carbonyl (C=O) groups is 1. The number of ether oxygens (including phenoxy) is 2. The zero-order valence-electron chi connectivity index (χ0n) is 12.6. The van der Waals surface area contributed by atoms with E-state index in [9.17, 15) is 4.79 Å². The lowest BCUT2D eigenvalue weighted by Crippen LogP contribution is -2.29. The summed E-state index contributed by atoms with van der Waals surface area (Å²) in [4.78, 5) is 22.1. The third kappa shape index (κ3) is 6.44. The molecule has 1 aliphatic heterocycles. The Labute approximate surface area is 143 Å². The summed E-state index contributed by atoms with van der Waals surface area (Å²) in [5, 5.41) is 0. The number of esters is 1. The number of aromatic nitrogens is 2. The van der Waals surface area contributed by atoms with Crippen LogP contribution in [0.25, 0.3) is 0 Å². The highest BCUT2D eigenvalue weighted by Crippen LogP contribution is 2.28. The maximum Gasteiger partial charge on any atom is 0.332 e. The van der Waals surface area contributed by atoms with Crippen LogP contribution in [0.4, 0.5) is 0 Å². The van der Waals surface area contributed by atoms with E-state index >= 15 is 0 Å². The first-order valence-electron chi connectivity index (χ1n) is 7.05. The highest BCUT2D eigenvalue weighted by atomic mass is 35.5. The van der Waals surface area contributed by atoms with E-state index in [4.69, 9.17) is 9.47 Å². The molecule has 2 rings (SSSR count). The fourth-order valence-electron chi connectivity index (χ4n) is 2.41. The van der Waals surface area contributed by atoms with Gasteiger partial charge in [0.15, 0.2) is 0 Å². The smallest absolute Gasteiger partial charge is 0.332 e. The molecule has 0 aliphatic carbocycles. The predicted octanol–water partition coefficient (Wildman–Crippen LogP) is 2.04. The van der Waals surface area contributed by atoms with Crippen LogP contribution in [-0.4, -0.2) is 53.7 Å². The first-order valence-corrected chi connectivity index (χ1v) is 7.05. The largest absolute Gasteiger partial charge is 0.464 e. The first-order chi connectivity index (χ1) is 9.81. The van der Waals surface area contributed by atoms with Crippen LogP contribution in [0.1, 0.15) is 31.6 Å². The number of nitrogens with zero attached hydrogens (tertiary/aromatic N) is 3. The van der Waals surface area contributed by atoms with E-state index in [-0.39, 0.29) is 43.4 Å². The molecule has 8 heteroatoms. The fourth-order valence-corrected chi connectivity index (χ4v) is 2.41. The Bertz CT molecular complexity index is 423. The minimum absolute atomic E-state index is 0. The molecule has 0 amide bonds. The molecule has 1 saturated heterocycles. The maximum atomic E-state index is 11.1. The number of hydrogen-bond donors (Lipinski definition) is 0. The van der Waals surface area contributed by atoms with Gasteiger partial charge in [-0.25, -0.2) is 14.8 Å². The molecule has 1 aliphatic rings. The van der Waals surface area contributed by atoms with E-state index < -0.39 is 0 Å². The summed E-state index contributed by atoms with van der Waals surface area (Å²) in [6, 6.07) is 2.09. The maximum absolute atomic E-state index is 11.1. The minimum Gasteiger partial charge on any atom is -0.464 e. The van der Waals surface area contributed by atoms with E-state index in [0.29, 0.717) is 13.2 Å². The van der Waals surface area contributed by atoms with Crippen LogP contribution >= 0.6 is 24.8 Å². The third-order valence-corrected chi connectivity index (χ3v) is 3.30. The quantitative estimate of drug-likeness (QED) is 0.553. The Morgan fingerprint density at radius 3 is 2.77 bits per heavy atom. The Hall–Kier alpha value is -0.950. The second kappa shape index (κ2) is 11.6. The van der Waals surface area contributed by atoms with Gasteiger partial charge in [-0.2, -0.15) is 0 Å². The molecule has 1 aromatic rings. The number of halogens is 2. The molecule has 1 atom stereocenters. The zero-order chi connectivity index (χ0) is 14.2. The van der Waals surface area contributed by atoms with Crippen LogP contribution < -0.4 is 0 Å². The van der Waals surface area contributed by atoms with Gasteiger partial charge in [-0.1, -0.05) is 0 Å². The van der Waals surface area contributed by atoms with Crippen molar-refractivity contribution in [2.75, 3.05) is 32.9 Å². The summed E-state index contributed by atoms with van der Waals surface area (Å²) < 4.78 is 10.1. The highest BCUT2D eigenvalue weighted by molar-refractivity contribution is 5.85. The molecule has 1 fully saturated rings. The molecule has 1 aromatic heterocycles. The van der Waals surface area contributed by atoms with Gasteiger partial charge in [-0.3, -0.25) is 4.90 Å². The van der Waals surface area contributed by atoms with Crippen molar-refractivity contribution in [2.45, 2.75) is 25.8 Å².